The van der Waals surface area contributed by atoms with Crippen molar-refractivity contribution in [3.05, 3.63) is 34.1 Å². The van der Waals surface area contributed by atoms with Crippen LogP contribution >= 0.6 is 15.9 Å². The molecule has 0 unspecified atom stereocenters. The smallest absolute Gasteiger partial charge is 0.137 e. The first-order chi connectivity index (χ1) is 9.19. The second-order valence-corrected chi connectivity index (χ2v) is 6.11. The third kappa shape index (κ3) is 4.55. The van der Waals surface area contributed by atoms with Gasteiger partial charge in [-0.25, -0.2) is 4.39 Å². The SMILES string of the molecule is CCN1CCC(CNCc2ccc(F)c(Br)c2)CC1. The van der Waals surface area contributed by atoms with E-state index in [0.717, 1.165) is 24.6 Å². The molecule has 4 heteroatoms. The number of benzene rings is 1. The van der Waals surface area contributed by atoms with E-state index in [9.17, 15) is 4.39 Å². The fourth-order valence-corrected chi connectivity index (χ4v) is 3.00. The monoisotopic (exact) mass is 328 g/mol. The number of nitrogens with one attached hydrogen (secondary N) is 1. The summed E-state index contributed by atoms with van der Waals surface area (Å²) in [4.78, 5) is 2.51. The summed E-state index contributed by atoms with van der Waals surface area (Å²) in [6.07, 6.45) is 2.57. The maximum Gasteiger partial charge on any atom is 0.137 e. The van der Waals surface area contributed by atoms with Gasteiger partial charge in [-0.15, -0.1) is 0 Å². The zero-order valence-electron chi connectivity index (χ0n) is 11.5. The molecule has 1 heterocycles. The molecular weight excluding hydrogens is 307 g/mol. The van der Waals surface area contributed by atoms with E-state index < -0.39 is 0 Å². The largest absolute Gasteiger partial charge is 0.312 e. The van der Waals surface area contributed by atoms with Gasteiger partial charge in [0.05, 0.1) is 4.47 Å². The van der Waals surface area contributed by atoms with Crippen LogP contribution < -0.4 is 5.32 Å². The molecule has 0 spiro atoms. The van der Waals surface area contributed by atoms with Crippen LogP contribution in [-0.2, 0) is 6.54 Å². The number of likely N-dealkylation sites (tertiary alicyclic amines) is 1. The normalized spacial score (nSPS) is 17.8. The molecule has 0 atom stereocenters. The lowest BCUT2D eigenvalue weighted by Crippen LogP contribution is -2.36. The summed E-state index contributed by atoms with van der Waals surface area (Å²) in [6.45, 7) is 7.73. The number of piperidine rings is 1. The Labute approximate surface area is 123 Å². The van der Waals surface area contributed by atoms with Crippen molar-refractivity contribution >= 4 is 15.9 Å². The maximum atomic E-state index is 13.1. The van der Waals surface area contributed by atoms with Gasteiger partial charge >= 0.3 is 0 Å². The Bertz CT molecular complexity index is 403. The van der Waals surface area contributed by atoms with Crippen molar-refractivity contribution in [3.63, 3.8) is 0 Å². The number of rotatable bonds is 5. The standard InChI is InChI=1S/C15H22BrFN2/c1-2-19-7-5-12(6-8-19)10-18-11-13-3-4-15(17)14(16)9-13/h3-4,9,12,18H,2,5-8,10-11H2,1H3. The quantitative estimate of drug-likeness (QED) is 0.891. The van der Waals surface area contributed by atoms with E-state index in [1.165, 1.54) is 38.5 Å². The van der Waals surface area contributed by atoms with E-state index in [1.807, 2.05) is 12.1 Å². The summed E-state index contributed by atoms with van der Waals surface area (Å²) in [7, 11) is 0. The predicted octanol–water partition coefficient (Wildman–Crippen LogP) is 3.41. The zero-order chi connectivity index (χ0) is 13.7. The summed E-state index contributed by atoms with van der Waals surface area (Å²) >= 11 is 3.22. The Kier molecular flexibility index (Phi) is 5.79. The fourth-order valence-electron chi connectivity index (χ4n) is 2.58. The molecular formula is C15H22BrFN2. The molecule has 1 aliphatic rings. The van der Waals surface area contributed by atoms with Gasteiger partial charge in [-0.2, -0.15) is 0 Å². The Morgan fingerprint density at radius 3 is 2.74 bits per heavy atom. The molecule has 1 aliphatic heterocycles. The van der Waals surface area contributed by atoms with E-state index in [0.29, 0.717) is 4.47 Å². The number of hydrogen-bond donors (Lipinski definition) is 1. The highest BCUT2D eigenvalue weighted by molar-refractivity contribution is 9.10. The Morgan fingerprint density at radius 1 is 1.37 bits per heavy atom. The van der Waals surface area contributed by atoms with Gasteiger partial charge < -0.3 is 10.2 Å². The van der Waals surface area contributed by atoms with E-state index in [2.05, 4.69) is 33.1 Å². The molecule has 0 aliphatic carbocycles. The van der Waals surface area contributed by atoms with E-state index in [-0.39, 0.29) is 5.82 Å². The van der Waals surface area contributed by atoms with Gasteiger partial charge in [0, 0.05) is 6.54 Å². The van der Waals surface area contributed by atoms with Crippen molar-refractivity contribution in [2.45, 2.75) is 26.3 Å². The molecule has 0 amide bonds. The average molecular weight is 329 g/mol. The van der Waals surface area contributed by atoms with Crippen molar-refractivity contribution in [1.82, 2.24) is 10.2 Å². The van der Waals surface area contributed by atoms with Gasteiger partial charge in [-0.3, -0.25) is 0 Å². The molecule has 0 bridgehead atoms. The lowest BCUT2D eigenvalue weighted by atomic mass is 9.97. The van der Waals surface area contributed by atoms with Crippen molar-refractivity contribution in [2.75, 3.05) is 26.2 Å². The summed E-state index contributed by atoms with van der Waals surface area (Å²) in [5.41, 5.74) is 1.12. The van der Waals surface area contributed by atoms with Crippen LogP contribution in [0, 0.1) is 11.7 Å². The minimum atomic E-state index is -0.198. The number of nitrogens with zero attached hydrogens (tertiary/aromatic N) is 1. The van der Waals surface area contributed by atoms with Crippen molar-refractivity contribution < 1.29 is 4.39 Å². The molecule has 0 saturated carbocycles. The molecule has 1 aromatic carbocycles. The highest BCUT2D eigenvalue weighted by Gasteiger charge is 2.17. The highest BCUT2D eigenvalue weighted by atomic mass is 79.9. The fraction of sp³-hybridized carbons (Fsp3) is 0.600. The van der Waals surface area contributed by atoms with Crippen LogP contribution in [0.3, 0.4) is 0 Å². The zero-order valence-corrected chi connectivity index (χ0v) is 13.0. The second-order valence-electron chi connectivity index (χ2n) is 5.26. The second kappa shape index (κ2) is 7.36. The van der Waals surface area contributed by atoms with E-state index in [4.69, 9.17) is 0 Å². The molecule has 2 nitrogen and oxygen atoms in total. The Balaban J connectivity index is 1.70. The highest BCUT2D eigenvalue weighted by Crippen LogP contribution is 2.18. The molecule has 2 rings (SSSR count). The van der Waals surface area contributed by atoms with E-state index in [1.54, 1.807) is 0 Å². The maximum absolute atomic E-state index is 13.1. The van der Waals surface area contributed by atoms with Crippen LogP contribution in [0.4, 0.5) is 4.39 Å². The predicted molar refractivity (Wildman–Crippen MR) is 80.6 cm³/mol. The molecule has 0 aromatic heterocycles. The van der Waals surface area contributed by atoms with Crippen LogP contribution in [-0.4, -0.2) is 31.1 Å². The van der Waals surface area contributed by atoms with Gasteiger partial charge in [-0.05, 0) is 78.6 Å². The van der Waals surface area contributed by atoms with Crippen LogP contribution in [0.2, 0.25) is 0 Å². The molecule has 1 fully saturated rings. The van der Waals surface area contributed by atoms with Gasteiger partial charge in [0.2, 0.25) is 0 Å². The first-order valence-electron chi connectivity index (χ1n) is 7.06. The lowest BCUT2D eigenvalue weighted by molar-refractivity contribution is 0.190. The first-order valence-corrected chi connectivity index (χ1v) is 7.85. The number of hydrogen-bond acceptors (Lipinski definition) is 2. The molecule has 1 N–H and O–H groups in total. The Hall–Kier alpha value is -0.450. The van der Waals surface area contributed by atoms with Crippen LogP contribution in [0.25, 0.3) is 0 Å². The van der Waals surface area contributed by atoms with Crippen LogP contribution in [0.5, 0.6) is 0 Å². The summed E-state index contributed by atoms with van der Waals surface area (Å²) in [5, 5.41) is 3.49. The first kappa shape index (κ1) is 14.9. The molecule has 1 saturated heterocycles. The number of halogens is 2. The van der Waals surface area contributed by atoms with Crippen molar-refractivity contribution in [3.8, 4) is 0 Å². The summed E-state index contributed by atoms with van der Waals surface area (Å²) < 4.78 is 13.7. The molecule has 106 valence electrons. The average Bonchev–Trinajstić information content (AvgIpc) is 2.43. The molecule has 1 aromatic rings. The third-order valence-corrected chi connectivity index (χ3v) is 4.51. The van der Waals surface area contributed by atoms with Gasteiger partial charge in [-0.1, -0.05) is 13.0 Å². The summed E-state index contributed by atoms with van der Waals surface area (Å²) in [6, 6.07) is 5.20. The topological polar surface area (TPSA) is 15.3 Å². The van der Waals surface area contributed by atoms with Gasteiger partial charge in [0.1, 0.15) is 5.82 Å². The lowest BCUT2D eigenvalue weighted by Gasteiger charge is -2.31. The molecule has 0 radical (unpaired) electrons. The Morgan fingerprint density at radius 2 is 2.11 bits per heavy atom. The molecule has 19 heavy (non-hydrogen) atoms. The van der Waals surface area contributed by atoms with Gasteiger partial charge in [0.15, 0.2) is 0 Å². The summed E-state index contributed by atoms with van der Waals surface area (Å²) in [5.74, 6) is 0.586. The van der Waals surface area contributed by atoms with Crippen LogP contribution in [0.1, 0.15) is 25.3 Å². The minimum Gasteiger partial charge on any atom is -0.312 e. The van der Waals surface area contributed by atoms with E-state index >= 15 is 0 Å². The van der Waals surface area contributed by atoms with Crippen molar-refractivity contribution in [1.29, 1.82) is 0 Å². The third-order valence-electron chi connectivity index (χ3n) is 3.90. The minimum absolute atomic E-state index is 0.198. The van der Waals surface area contributed by atoms with Crippen molar-refractivity contribution in [2.24, 2.45) is 5.92 Å². The van der Waals surface area contributed by atoms with Gasteiger partial charge in [0.25, 0.3) is 0 Å². The van der Waals surface area contributed by atoms with Crippen LogP contribution in [0.15, 0.2) is 22.7 Å².